The quantitative estimate of drug-likeness (QED) is 0.666. The van der Waals surface area contributed by atoms with Gasteiger partial charge in [-0.05, 0) is 51.0 Å². The lowest BCUT2D eigenvalue weighted by Gasteiger charge is -2.25. The second kappa shape index (κ2) is 8.61. The number of imidazole rings is 1. The number of hydrogen-bond donors (Lipinski definition) is 1. The number of likely N-dealkylation sites (tertiary alicyclic amines) is 1. The molecular weight excluding hydrogens is 382 g/mol. The normalized spacial score (nSPS) is 16.3. The predicted octanol–water partition coefficient (Wildman–Crippen LogP) is 3.83. The summed E-state index contributed by atoms with van der Waals surface area (Å²) in [4.78, 5) is 18.6. The second-order valence-corrected chi connectivity index (χ2v) is 7.64. The molecule has 0 aliphatic carbocycles. The van der Waals surface area contributed by atoms with E-state index in [1.165, 1.54) is 0 Å². The van der Waals surface area contributed by atoms with Crippen LogP contribution in [0.4, 0.5) is 10.6 Å². The number of nitrogens with zero attached hydrogens (tertiary/aromatic N) is 4. The van der Waals surface area contributed by atoms with E-state index in [1.807, 2.05) is 55.1 Å². The number of hydrogen-bond acceptors (Lipinski definition) is 6. The van der Waals surface area contributed by atoms with Crippen LogP contribution < -0.4 is 10.1 Å². The van der Waals surface area contributed by atoms with Crippen molar-refractivity contribution in [3.63, 3.8) is 0 Å². The van der Waals surface area contributed by atoms with Crippen LogP contribution in [0.3, 0.4) is 0 Å². The molecule has 1 aliphatic rings. The molecule has 3 aromatic rings. The van der Waals surface area contributed by atoms with E-state index in [2.05, 4.69) is 10.3 Å². The zero-order chi connectivity index (χ0) is 21.1. The van der Waals surface area contributed by atoms with E-state index >= 15 is 0 Å². The molecule has 1 saturated heterocycles. The maximum Gasteiger partial charge on any atom is 0.410 e. The highest BCUT2D eigenvalue weighted by Gasteiger charge is 2.30. The van der Waals surface area contributed by atoms with Gasteiger partial charge in [-0.3, -0.25) is 0 Å². The molecule has 1 amide bonds. The Morgan fingerprint density at radius 1 is 1.27 bits per heavy atom. The SMILES string of the molecule is COc1ccccc1-c1cnc2ccc(NCC3CCCN3C(=O)OC(C)C)nn12. The number of anilines is 1. The Bertz CT molecular complexity index is 1030. The summed E-state index contributed by atoms with van der Waals surface area (Å²) in [6.07, 6.45) is 3.35. The summed E-state index contributed by atoms with van der Waals surface area (Å²) < 4.78 is 12.7. The molecule has 1 N–H and O–H groups in total. The standard InChI is InChI=1S/C22H27N5O3/c1-15(2)30-22(28)26-12-6-7-16(26)13-23-20-10-11-21-24-14-18(27(21)25-20)17-8-4-5-9-19(17)29-3/h4-5,8-11,14-16H,6-7,12-13H2,1-3H3,(H,23,25). The van der Waals surface area contributed by atoms with Crippen LogP contribution in [0.5, 0.6) is 5.75 Å². The lowest BCUT2D eigenvalue weighted by Crippen LogP contribution is -2.40. The number of fused-ring (bicyclic) bond motifs is 1. The number of methoxy groups -OCH3 is 1. The van der Waals surface area contributed by atoms with E-state index in [1.54, 1.807) is 17.8 Å². The van der Waals surface area contributed by atoms with Crippen molar-refractivity contribution in [3.8, 4) is 17.0 Å². The molecule has 0 radical (unpaired) electrons. The van der Waals surface area contributed by atoms with E-state index in [0.29, 0.717) is 6.54 Å². The lowest BCUT2D eigenvalue weighted by molar-refractivity contribution is 0.0746. The minimum absolute atomic E-state index is 0.0882. The molecule has 158 valence electrons. The summed E-state index contributed by atoms with van der Waals surface area (Å²) in [5.74, 6) is 1.49. The van der Waals surface area contributed by atoms with Gasteiger partial charge in [-0.15, -0.1) is 5.10 Å². The minimum Gasteiger partial charge on any atom is -0.496 e. The zero-order valence-corrected chi connectivity index (χ0v) is 17.5. The second-order valence-electron chi connectivity index (χ2n) is 7.64. The number of carbonyl (C=O) groups is 1. The molecule has 1 atom stereocenters. The number of ether oxygens (including phenoxy) is 2. The maximum absolute atomic E-state index is 12.3. The van der Waals surface area contributed by atoms with Crippen LogP contribution in [0.15, 0.2) is 42.6 Å². The Morgan fingerprint density at radius 3 is 2.90 bits per heavy atom. The van der Waals surface area contributed by atoms with Crippen molar-refractivity contribution in [2.75, 3.05) is 25.5 Å². The summed E-state index contributed by atoms with van der Waals surface area (Å²) in [6, 6.07) is 11.7. The fraction of sp³-hybridized carbons (Fsp3) is 0.409. The third-order valence-corrected chi connectivity index (χ3v) is 5.21. The topological polar surface area (TPSA) is 81.0 Å². The zero-order valence-electron chi connectivity index (χ0n) is 17.5. The van der Waals surface area contributed by atoms with Gasteiger partial charge in [0.1, 0.15) is 11.6 Å². The van der Waals surface area contributed by atoms with Crippen molar-refractivity contribution in [2.24, 2.45) is 0 Å². The average Bonchev–Trinajstić information content (AvgIpc) is 3.38. The Hall–Kier alpha value is -3.29. The van der Waals surface area contributed by atoms with Crippen molar-refractivity contribution < 1.29 is 14.3 Å². The van der Waals surface area contributed by atoms with Gasteiger partial charge in [-0.1, -0.05) is 12.1 Å². The highest BCUT2D eigenvalue weighted by atomic mass is 16.6. The Balaban J connectivity index is 1.52. The van der Waals surface area contributed by atoms with E-state index in [4.69, 9.17) is 14.6 Å². The van der Waals surface area contributed by atoms with Gasteiger partial charge >= 0.3 is 6.09 Å². The molecule has 0 bridgehead atoms. The summed E-state index contributed by atoms with van der Waals surface area (Å²) in [5.41, 5.74) is 2.54. The first-order chi connectivity index (χ1) is 14.6. The summed E-state index contributed by atoms with van der Waals surface area (Å²) >= 11 is 0. The van der Waals surface area contributed by atoms with Gasteiger partial charge in [-0.2, -0.15) is 0 Å². The molecule has 1 aliphatic heterocycles. The number of carbonyl (C=O) groups excluding carboxylic acids is 1. The molecule has 8 heteroatoms. The van der Waals surface area contributed by atoms with Crippen molar-refractivity contribution in [2.45, 2.75) is 38.8 Å². The lowest BCUT2D eigenvalue weighted by atomic mass is 10.1. The van der Waals surface area contributed by atoms with Crippen LogP contribution in [0.1, 0.15) is 26.7 Å². The molecule has 1 fully saturated rings. The number of para-hydroxylation sites is 1. The van der Waals surface area contributed by atoms with Gasteiger partial charge in [-0.25, -0.2) is 14.3 Å². The van der Waals surface area contributed by atoms with Crippen LogP contribution in [0.25, 0.3) is 16.9 Å². The Labute approximate surface area is 175 Å². The van der Waals surface area contributed by atoms with E-state index in [-0.39, 0.29) is 18.2 Å². The van der Waals surface area contributed by atoms with Gasteiger partial charge in [0.2, 0.25) is 0 Å². The molecule has 4 rings (SSSR count). The van der Waals surface area contributed by atoms with Gasteiger partial charge in [0.05, 0.1) is 31.1 Å². The van der Waals surface area contributed by atoms with Gasteiger partial charge < -0.3 is 19.7 Å². The predicted molar refractivity (Wildman–Crippen MR) is 115 cm³/mol. The largest absolute Gasteiger partial charge is 0.496 e. The molecule has 30 heavy (non-hydrogen) atoms. The highest BCUT2D eigenvalue weighted by molar-refractivity contribution is 5.70. The van der Waals surface area contributed by atoms with Crippen LogP contribution in [0.2, 0.25) is 0 Å². The molecule has 0 spiro atoms. The Morgan fingerprint density at radius 2 is 2.10 bits per heavy atom. The molecule has 1 unspecified atom stereocenters. The number of aromatic nitrogens is 3. The number of rotatable bonds is 6. The maximum atomic E-state index is 12.3. The van der Waals surface area contributed by atoms with Crippen LogP contribution in [0, 0.1) is 0 Å². The monoisotopic (exact) mass is 409 g/mol. The minimum atomic E-state index is -0.245. The van der Waals surface area contributed by atoms with Crippen LogP contribution in [-0.2, 0) is 4.74 Å². The summed E-state index contributed by atoms with van der Waals surface area (Å²) in [5, 5.41) is 8.09. The Kier molecular flexibility index (Phi) is 5.74. The van der Waals surface area contributed by atoms with E-state index in [9.17, 15) is 4.79 Å². The fourth-order valence-corrected chi connectivity index (χ4v) is 3.79. The van der Waals surface area contributed by atoms with Gasteiger partial charge in [0.15, 0.2) is 5.65 Å². The third kappa shape index (κ3) is 4.03. The number of benzene rings is 1. The van der Waals surface area contributed by atoms with E-state index in [0.717, 1.165) is 47.9 Å². The molecule has 1 aromatic carbocycles. The third-order valence-electron chi connectivity index (χ3n) is 5.21. The fourth-order valence-electron chi connectivity index (χ4n) is 3.79. The number of nitrogens with one attached hydrogen (secondary N) is 1. The smallest absolute Gasteiger partial charge is 0.410 e. The molecule has 2 aromatic heterocycles. The average molecular weight is 409 g/mol. The molecular formula is C22H27N5O3. The highest BCUT2D eigenvalue weighted by Crippen LogP contribution is 2.30. The van der Waals surface area contributed by atoms with Crippen molar-refractivity contribution >= 4 is 17.6 Å². The van der Waals surface area contributed by atoms with Crippen molar-refractivity contribution in [3.05, 3.63) is 42.6 Å². The summed E-state index contributed by atoms with van der Waals surface area (Å²) in [6.45, 7) is 5.07. The summed E-state index contributed by atoms with van der Waals surface area (Å²) in [7, 11) is 1.65. The molecule has 3 heterocycles. The molecule has 0 saturated carbocycles. The first-order valence-electron chi connectivity index (χ1n) is 10.3. The van der Waals surface area contributed by atoms with Gasteiger partial charge in [0.25, 0.3) is 0 Å². The first kappa shape index (κ1) is 20.0. The van der Waals surface area contributed by atoms with Gasteiger partial charge in [0, 0.05) is 18.7 Å². The first-order valence-corrected chi connectivity index (χ1v) is 10.3. The van der Waals surface area contributed by atoms with E-state index < -0.39 is 0 Å². The van der Waals surface area contributed by atoms with Crippen LogP contribution in [-0.4, -0.2) is 57.9 Å². The van der Waals surface area contributed by atoms with Crippen molar-refractivity contribution in [1.82, 2.24) is 19.5 Å². The molecule has 8 nitrogen and oxygen atoms in total. The van der Waals surface area contributed by atoms with Crippen molar-refractivity contribution in [1.29, 1.82) is 0 Å². The van der Waals surface area contributed by atoms with Crippen LogP contribution >= 0.6 is 0 Å². The number of amides is 1.